The molecule has 0 radical (unpaired) electrons. The van der Waals surface area contributed by atoms with Crippen LogP contribution in [-0.4, -0.2) is 46.9 Å². The first-order valence-electron chi connectivity index (χ1n) is 24.2. The molecule has 0 saturated heterocycles. The molecular weight excluding hydrogens is 719 g/mol. The van der Waals surface area contributed by atoms with Gasteiger partial charge in [-0.05, 0) is 83.1 Å². The molecule has 0 fully saturated rings. The normalized spacial score (nSPS) is 13.9. The topological polar surface area (TPSA) is 95.9 Å². The number of carbonyl (C=O) groups excluding carboxylic acids is 2. The summed E-state index contributed by atoms with van der Waals surface area (Å²) in [6.07, 6.45) is 57.1. The SMILES string of the molecule is CCCCC/C=C\C/C=C\C/C=C\C/C=C\CCCCCC(=O)OC(/C=C/C/C=C\CCCCCCCC)CC(=O)NC(CO)C(O)CCCCCCCCCCC. The molecule has 6 nitrogen and oxygen atoms in total. The van der Waals surface area contributed by atoms with Gasteiger partial charge in [-0.2, -0.15) is 0 Å². The van der Waals surface area contributed by atoms with Crippen molar-refractivity contribution in [1.29, 1.82) is 0 Å². The lowest BCUT2D eigenvalue weighted by atomic mass is 10.0. The van der Waals surface area contributed by atoms with Crippen LogP contribution >= 0.6 is 0 Å². The van der Waals surface area contributed by atoms with Gasteiger partial charge >= 0.3 is 5.97 Å². The van der Waals surface area contributed by atoms with Gasteiger partial charge in [-0.3, -0.25) is 9.59 Å². The number of amides is 1. The first-order valence-corrected chi connectivity index (χ1v) is 24.2. The Morgan fingerprint density at radius 3 is 1.41 bits per heavy atom. The Hall–Kier alpha value is -2.70. The fourth-order valence-electron chi connectivity index (χ4n) is 6.79. The van der Waals surface area contributed by atoms with E-state index in [-0.39, 0.29) is 24.9 Å². The van der Waals surface area contributed by atoms with Gasteiger partial charge in [0.05, 0.1) is 25.2 Å². The molecule has 0 aliphatic carbocycles. The van der Waals surface area contributed by atoms with Crippen LogP contribution in [0.15, 0.2) is 72.9 Å². The summed E-state index contributed by atoms with van der Waals surface area (Å²) < 4.78 is 5.79. The molecule has 0 aromatic rings. The second-order valence-electron chi connectivity index (χ2n) is 16.2. The van der Waals surface area contributed by atoms with Crippen molar-refractivity contribution in [1.82, 2.24) is 5.32 Å². The average molecular weight is 810 g/mol. The standard InChI is InChI=1S/C52H91NO5/c1-4-7-10-13-16-19-21-22-23-24-25-26-27-28-30-33-36-39-42-45-52(57)58-48(43-40-37-34-32-29-20-17-14-11-8-5-2)46-51(56)53-49(47-54)50(55)44-41-38-35-31-18-15-12-9-6-3/h16,19,22-23,25-26,28,30,32,34,40,43,48-50,54-55H,4-15,17-18,20-21,24,27,29,31,33,35-39,41-42,44-47H2,1-3H3,(H,53,56)/b19-16-,23-22-,26-25-,30-28-,34-32-,43-40+. The molecule has 0 bridgehead atoms. The smallest absolute Gasteiger partial charge is 0.306 e. The summed E-state index contributed by atoms with van der Waals surface area (Å²) in [6.45, 7) is 6.37. The lowest BCUT2D eigenvalue weighted by molar-refractivity contribution is -0.148. The first-order chi connectivity index (χ1) is 28.5. The number of ether oxygens (including phenoxy) is 1. The van der Waals surface area contributed by atoms with Crippen LogP contribution in [0.1, 0.15) is 220 Å². The minimum Gasteiger partial charge on any atom is -0.458 e. The highest BCUT2D eigenvalue weighted by molar-refractivity contribution is 5.78. The summed E-state index contributed by atoms with van der Waals surface area (Å²) in [6, 6.07) is -0.739. The largest absolute Gasteiger partial charge is 0.458 e. The Balaban J connectivity index is 4.68. The Bertz CT molecular complexity index is 1090. The number of esters is 1. The van der Waals surface area contributed by atoms with Gasteiger partial charge in [-0.15, -0.1) is 0 Å². The number of hydrogen-bond donors (Lipinski definition) is 3. The Morgan fingerprint density at radius 1 is 0.517 bits per heavy atom. The van der Waals surface area contributed by atoms with Crippen LogP contribution in [0.4, 0.5) is 0 Å². The minimum atomic E-state index is -0.817. The van der Waals surface area contributed by atoms with E-state index in [0.29, 0.717) is 19.3 Å². The van der Waals surface area contributed by atoms with Gasteiger partial charge in [0.15, 0.2) is 0 Å². The van der Waals surface area contributed by atoms with Crippen molar-refractivity contribution in [3.05, 3.63) is 72.9 Å². The fourth-order valence-corrected chi connectivity index (χ4v) is 6.79. The summed E-state index contributed by atoms with van der Waals surface area (Å²) in [5, 5.41) is 23.5. The Morgan fingerprint density at radius 2 is 0.914 bits per heavy atom. The van der Waals surface area contributed by atoms with Gasteiger partial charge in [0.1, 0.15) is 6.10 Å². The summed E-state index contributed by atoms with van der Waals surface area (Å²) >= 11 is 0. The minimum absolute atomic E-state index is 0.0446. The van der Waals surface area contributed by atoms with Gasteiger partial charge in [-0.1, -0.05) is 197 Å². The summed E-state index contributed by atoms with van der Waals surface area (Å²) in [5.41, 5.74) is 0. The number of nitrogens with one attached hydrogen (secondary N) is 1. The second kappa shape index (κ2) is 45.4. The molecule has 1 amide bonds. The zero-order valence-corrected chi connectivity index (χ0v) is 37.9. The van der Waals surface area contributed by atoms with E-state index < -0.39 is 18.2 Å². The average Bonchev–Trinajstić information content (AvgIpc) is 3.22. The van der Waals surface area contributed by atoms with Crippen LogP contribution in [0.5, 0.6) is 0 Å². The Labute approximate surface area is 358 Å². The summed E-state index contributed by atoms with van der Waals surface area (Å²) in [7, 11) is 0. The molecule has 3 N–H and O–H groups in total. The highest BCUT2D eigenvalue weighted by atomic mass is 16.5. The number of aliphatic hydroxyl groups excluding tert-OH is 2. The van der Waals surface area contributed by atoms with Crippen molar-refractivity contribution in [2.45, 2.75) is 238 Å². The van der Waals surface area contributed by atoms with E-state index in [1.54, 1.807) is 0 Å². The van der Waals surface area contributed by atoms with Crippen molar-refractivity contribution in [2.75, 3.05) is 6.61 Å². The van der Waals surface area contributed by atoms with E-state index in [9.17, 15) is 19.8 Å². The molecule has 0 aliphatic rings. The number of hydrogen-bond acceptors (Lipinski definition) is 5. The van der Waals surface area contributed by atoms with Crippen molar-refractivity contribution in [2.24, 2.45) is 0 Å². The third-order valence-corrected chi connectivity index (χ3v) is 10.5. The van der Waals surface area contributed by atoms with E-state index in [0.717, 1.165) is 70.6 Å². The molecule has 3 atom stereocenters. The highest BCUT2D eigenvalue weighted by Crippen LogP contribution is 2.14. The molecule has 0 heterocycles. The number of aliphatic hydroxyl groups is 2. The molecule has 334 valence electrons. The number of allylic oxidation sites excluding steroid dienone is 11. The van der Waals surface area contributed by atoms with E-state index in [1.807, 2.05) is 12.2 Å². The monoisotopic (exact) mass is 810 g/mol. The third kappa shape index (κ3) is 40.1. The Kier molecular flexibility index (Phi) is 43.3. The molecule has 0 aromatic carbocycles. The number of carbonyl (C=O) groups is 2. The van der Waals surface area contributed by atoms with Gasteiger partial charge in [0.25, 0.3) is 0 Å². The fraction of sp³-hybridized carbons (Fsp3) is 0.731. The molecule has 58 heavy (non-hydrogen) atoms. The van der Waals surface area contributed by atoms with Gasteiger partial charge in [-0.25, -0.2) is 0 Å². The zero-order valence-electron chi connectivity index (χ0n) is 37.9. The van der Waals surface area contributed by atoms with Crippen LogP contribution in [0, 0.1) is 0 Å². The zero-order chi connectivity index (χ0) is 42.4. The van der Waals surface area contributed by atoms with Crippen LogP contribution in [0.3, 0.4) is 0 Å². The van der Waals surface area contributed by atoms with Crippen molar-refractivity contribution in [3.8, 4) is 0 Å². The number of unbranched alkanes of at least 4 members (excludes halogenated alkanes) is 20. The number of rotatable bonds is 42. The molecule has 0 aliphatic heterocycles. The maximum absolute atomic E-state index is 13.1. The predicted molar refractivity (Wildman–Crippen MR) is 250 cm³/mol. The van der Waals surface area contributed by atoms with Crippen LogP contribution in [0.2, 0.25) is 0 Å². The molecule has 0 spiro atoms. The van der Waals surface area contributed by atoms with E-state index in [4.69, 9.17) is 4.74 Å². The summed E-state index contributed by atoms with van der Waals surface area (Å²) in [4.78, 5) is 25.9. The maximum Gasteiger partial charge on any atom is 0.306 e. The predicted octanol–water partition coefficient (Wildman–Crippen LogP) is 14.2. The van der Waals surface area contributed by atoms with Crippen LogP contribution in [-0.2, 0) is 14.3 Å². The third-order valence-electron chi connectivity index (χ3n) is 10.5. The second-order valence-corrected chi connectivity index (χ2v) is 16.2. The molecule has 6 heteroatoms. The molecule has 3 unspecified atom stereocenters. The highest BCUT2D eigenvalue weighted by Gasteiger charge is 2.23. The van der Waals surface area contributed by atoms with Gasteiger partial charge in [0.2, 0.25) is 5.91 Å². The van der Waals surface area contributed by atoms with Gasteiger partial charge < -0.3 is 20.3 Å². The lowest BCUT2D eigenvalue weighted by Gasteiger charge is -2.23. The van der Waals surface area contributed by atoms with E-state index in [2.05, 4.69) is 86.8 Å². The quantitative estimate of drug-likeness (QED) is 0.0324. The molecule has 0 rings (SSSR count). The van der Waals surface area contributed by atoms with Gasteiger partial charge in [0, 0.05) is 6.42 Å². The molecular formula is C52H91NO5. The van der Waals surface area contributed by atoms with Crippen LogP contribution < -0.4 is 5.32 Å². The van der Waals surface area contributed by atoms with Crippen molar-refractivity contribution < 1.29 is 24.5 Å². The first kappa shape index (κ1) is 55.3. The van der Waals surface area contributed by atoms with Crippen molar-refractivity contribution >= 4 is 11.9 Å². The van der Waals surface area contributed by atoms with Crippen LogP contribution in [0.25, 0.3) is 0 Å². The van der Waals surface area contributed by atoms with E-state index >= 15 is 0 Å². The molecule has 0 saturated carbocycles. The lowest BCUT2D eigenvalue weighted by Crippen LogP contribution is -2.46. The summed E-state index contributed by atoms with van der Waals surface area (Å²) in [5.74, 6) is -0.645. The van der Waals surface area contributed by atoms with Crippen molar-refractivity contribution in [3.63, 3.8) is 0 Å². The molecule has 0 aromatic heterocycles. The van der Waals surface area contributed by atoms with E-state index in [1.165, 1.54) is 103 Å². The maximum atomic E-state index is 13.1.